The highest BCUT2D eigenvalue weighted by Crippen LogP contribution is 2.37. The van der Waals surface area contributed by atoms with E-state index in [0.717, 1.165) is 23.4 Å². The molecule has 4 rings (SSSR count). The maximum Gasteiger partial charge on any atom is 0.268 e. The zero-order chi connectivity index (χ0) is 18.3. The Labute approximate surface area is 157 Å². The van der Waals surface area contributed by atoms with Crippen LogP contribution in [-0.4, -0.2) is 31.5 Å². The number of thiophene rings is 1. The van der Waals surface area contributed by atoms with Crippen LogP contribution in [0.2, 0.25) is 0 Å². The minimum Gasteiger partial charge on any atom is -0.477 e. The second kappa shape index (κ2) is 6.76. The largest absolute Gasteiger partial charge is 0.477 e. The molecule has 0 fully saturated rings. The molecule has 0 saturated heterocycles. The molecule has 2 aliphatic rings. The van der Waals surface area contributed by atoms with E-state index >= 15 is 0 Å². The van der Waals surface area contributed by atoms with E-state index in [1.165, 1.54) is 16.9 Å². The molecule has 5 nitrogen and oxygen atoms in total. The summed E-state index contributed by atoms with van der Waals surface area (Å²) in [6, 6.07) is 9.43. The number of amides is 2. The highest BCUT2D eigenvalue weighted by atomic mass is 32.1. The average molecular weight is 370 g/mol. The van der Waals surface area contributed by atoms with Crippen molar-refractivity contribution in [1.29, 1.82) is 0 Å². The molecule has 136 valence electrons. The van der Waals surface area contributed by atoms with Crippen molar-refractivity contribution < 1.29 is 14.3 Å². The number of benzene rings is 1. The van der Waals surface area contributed by atoms with E-state index in [-0.39, 0.29) is 18.4 Å². The first-order valence-corrected chi connectivity index (χ1v) is 9.79. The van der Waals surface area contributed by atoms with Crippen LogP contribution in [0.4, 0.5) is 5.69 Å². The summed E-state index contributed by atoms with van der Waals surface area (Å²) in [4.78, 5) is 29.1. The second-order valence-electron chi connectivity index (χ2n) is 7.01. The maximum atomic E-state index is 13.3. The molecule has 1 aliphatic carbocycles. The van der Waals surface area contributed by atoms with Crippen LogP contribution in [0.1, 0.15) is 33.5 Å². The number of ether oxygens (including phenoxy) is 1. The van der Waals surface area contributed by atoms with Gasteiger partial charge in [-0.25, -0.2) is 0 Å². The molecule has 2 amide bonds. The number of anilines is 1. The Hall–Kier alpha value is -2.34. The number of aryl methyl sites for hydroxylation is 1. The van der Waals surface area contributed by atoms with E-state index in [9.17, 15) is 9.59 Å². The molecule has 1 aliphatic heterocycles. The number of hydrogen-bond acceptors (Lipinski definition) is 4. The predicted octanol–water partition coefficient (Wildman–Crippen LogP) is 3.03. The third-order valence-electron chi connectivity index (χ3n) is 5.10. The smallest absolute Gasteiger partial charge is 0.268 e. The topological polar surface area (TPSA) is 58.6 Å². The molecule has 6 heteroatoms. The maximum absolute atomic E-state index is 13.3. The third-order valence-corrected chi connectivity index (χ3v) is 6.32. The summed E-state index contributed by atoms with van der Waals surface area (Å²) in [5.74, 6) is 0.954. The second-order valence-corrected chi connectivity index (χ2v) is 8.15. The number of likely N-dealkylation sites (N-methyl/N-ethyl adjacent to an activating group) is 1. The van der Waals surface area contributed by atoms with Crippen molar-refractivity contribution in [3.8, 4) is 5.75 Å². The van der Waals surface area contributed by atoms with Crippen LogP contribution in [0.5, 0.6) is 5.75 Å². The highest BCUT2D eigenvalue weighted by molar-refractivity contribution is 7.14. The number of nitrogens with one attached hydrogen (secondary N) is 1. The van der Waals surface area contributed by atoms with Crippen molar-refractivity contribution in [3.05, 3.63) is 45.6 Å². The zero-order valence-electron chi connectivity index (χ0n) is 15.0. The molecule has 0 bridgehead atoms. The Bertz CT molecular complexity index is 860. The van der Waals surface area contributed by atoms with Crippen LogP contribution in [-0.2, 0) is 17.6 Å². The van der Waals surface area contributed by atoms with Gasteiger partial charge in [-0.05, 0) is 48.9 Å². The highest BCUT2D eigenvalue weighted by Gasteiger charge is 2.34. The lowest BCUT2D eigenvalue weighted by atomic mass is 9.90. The Morgan fingerprint density at radius 2 is 2.12 bits per heavy atom. The lowest BCUT2D eigenvalue weighted by Crippen LogP contribution is -2.50. The van der Waals surface area contributed by atoms with E-state index in [1.54, 1.807) is 29.4 Å². The Balaban J connectivity index is 1.67. The first kappa shape index (κ1) is 17.1. The molecule has 2 heterocycles. The molecule has 2 aromatic rings. The Morgan fingerprint density at radius 3 is 2.92 bits per heavy atom. The zero-order valence-corrected chi connectivity index (χ0v) is 15.8. The van der Waals surface area contributed by atoms with Crippen LogP contribution in [0.3, 0.4) is 0 Å². The molecule has 0 radical (unpaired) electrons. The van der Waals surface area contributed by atoms with E-state index in [1.807, 2.05) is 24.3 Å². The lowest BCUT2D eigenvalue weighted by Gasteiger charge is -2.33. The van der Waals surface area contributed by atoms with Gasteiger partial charge in [-0.1, -0.05) is 19.1 Å². The third kappa shape index (κ3) is 2.98. The van der Waals surface area contributed by atoms with Gasteiger partial charge in [0, 0.05) is 11.9 Å². The van der Waals surface area contributed by atoms with Crippen molar-refractivity contribution in [2.45, 2.75) is 32.3 Å². The summed E-state index contributed by atoms with van der Waals surface area (Å²) in [6.45, 7) is 2.47. The molecular formula is C20H22N2O3S. The minimum atomic E-state index is -0.701. The van der Waals surface area contributed by atoms with Gasteiger partial charge in [0.1, 0.15) is 5.75 Å². The van der Waals surface area contributed by atoms with E-state index in [2.05, 4.69) is 12.2 Å². The standard InChI is InChI=1S/C20H22N2O3S/c1-12-7-8-17-13(9-12)10-18(26-17)20(24)22-11-16(19(23)21-2)25-15-6-4-3-5-14(15)22/h3-6,10,12,16H,7-9,11H2,1-2H3,(H,21,23)/t12-,16-/m0/s1. The fraction of sp³-hybridized carbons (Fsp3) is 0.400. The number of fused-ring (bicyclic) bond motifs is 2. The molecule has 26 heavy (non-hydrogen) atoms. The van der Waals surface area contributed by atoms with Gasteiger partial charge in [0.25, 0.3) is 11.8 Å². The van der Waals surface area contributed by atoms with Gasteiger partial charge < -0.3 is 10.1 Å². The van der Waals surface area contributed by atoms with E-state index in [4.69, 9.17) is 4.74 Å². The van der Waals surface area contributed by atoms with Gasteiger partial charge in [0.15, 0.2) is 6.10 Å². The van der Waals surface area contributed by atoms with Crippen LogP contribution in [0.15, 0.2) is 30.3 Å². The first-order valence-electron chi connectivity index (χ1n) is 8.97. The molecule has 0 saturated carbocycles. The van der Waals surface area contributed by atoms with E-state index in [0.29, 0.717) is 11.7 Å². The summed E-state index contributed by atoms with van der Waals surface area (Å²) in [7, 11) is 1.58. The fourth-order valence-electron chi connectivity index (χ4n) is 3.67. The number of nitrogens with zero attached hydrogens (tertiary/aromatic N) is 1. The summed E-state index contributed by atoms with van der Waals surface area (Å²) in [6.07, 6.45) is 2.57. The molecule has 1 aromatic carbocycles. The molecule has 0 unspecified atom stereocenters. The molecule has 0 spiro atoms. The van der Waals surface area contributed by atoms with Gasteiger partial charge in [-0.3, -0.25) is 14.5 Å². The van der Waals surface area contributed by atoms with Crippen molar-refractivity contribution in [1.82, 2.24) is 5.32 Å². The molecule has 1 aromatic heterocycles. The van der Waals surface area contributed by atoms with Crippen molar-refractivity contribution in [3.63, 3.8) is 0 Å². The number of para-hydroxylation sites is 2. The van der Waals surface area contributed by atoms with Gasteiger partial charge >= 0.3 is 0 Å². The van der Waals surface area contributed by atoms with E-state index < -0.39 is 6.10 Å². The molecular weight excluding hydrogens is 348 g/mol. The van der Waals surface area contributed by atoms with Crippen molar-refractivity contribution >= 4 is 28.8 Å². The average Bonchev–Trinajstić information content (AvgIpc) is 3.09. The number of carbonyl (C=O) groups is 2. The summed E-state index contributed by atoms with van der Waals surface area (Å²) in [5, 5.41) is 2.61. The fourth-order valence-corrected chi connectivity index (χ4v) is 4.83. The lowest BCUT2D eigenvalue weighted by molar-refractivity contribution is -0.127. The van der Waals surface area contributed by atoms with Gasteiger partial charge in [0.2, 0.25) is 0 Å². The SMILES string of the molecule is CNC(=O)[C@@H]1CN(C(=O)c2cc3c(s2)CC[C@H](C)C3)c2ccccc2O1. The van der Waals surface area contributed by atoms with Crippen LogP contribution < -0.4 is 15.0 Å². The number of hydrogen-bond donors (Lipinski definition) is 1. The molecule has 1 N–H and O–H groups in total. The monoisotopic (exact) mass is 370 g/mol. The van der Waals surface area contributed by atoms with Crippen molar-refractivity contribution in [2.75, 3.05) is 18.5 Å². The van der Waals surface area contributed by atoms with Gasteiger partial charge in [-0.15, -0.1) is 11.3 Å². The van der Waals surface area contributed by atoms with Crippen LogP contribution in [0.25, 0.3) is 0 Å². The van der Waals surface area contributed by atoms with Crippen LogP contribution in [0, 0.1) is 5.92 Å². The molecule has 2 atom stereocenters. The van der Waals surface area contributed by atoms with Crippen molar-refractivity contribution in [2.24, 2.45) is 5.92 Å². The number of rotatable bonds is 2. The summed E-state index contributed by atoms with van der Waals surface area (Å²) in [5.41, 5.74) is 2.03. The van der Waals surface area contributed by atoms with Crippen LogP contribution >= 0.6 is 11.3 Å². The summed E-state index contributed by atoms with van der Waals surface area (Å²) >= 11 is 1.60. The van der Waals surface area contributed by atoms with Gasteiger partial charge in [-0.2, -0.15) is 0 Å². The Morgan fingerprint density at radius 1 is 1.31 bits per heavy atom. The first-order chi connectivity index (χ1) is 12.6. The minimum absolute atomic E-state index is 0.0540. The normalized spacial score (nSPS) is 21.4. The Kier molecular flexibility index (Phi) is 4.44. The predicted molar refractivity (Wildman–Crippen MR) is 102 cm³/mol. The summed E-state index contributed by atoms with van der Waals surface area (Å²) < 4.78 is 5.79. The quantitative estimate of drug-likeness (QED) is 0.884. The number of carbonyl (C=O) groups excluding carboxylic acids is 2. The van der Waals surface area contributed by atoms with Gasteiger partial charge in [0.05, 0.1) is 17.1 Å².